The molecule has 3 aliphatic heterocycles. The molecule has 0 spiro atoms. The molecule has 0 amide bonds. The molecule has 5 atom stereocenters. The Hall–Kier alpha value is -3.49. The largest absolute Gasteiger partial charge is 0.497 e. The number of carboxylic acid groups (broad SMARTS) is 2. The van der Waals surface area contributed by atoms with Gasteiger partial charge in [-0.15, -0.1) is 6.58 Å². The number of carboxylic acids is 2. The van der Waals surface area contributed by atoms with E-state index in [-0.39, 0.29) is 17.2 Å². The van der Waals surface area contributed by atoms with Crippen molar-refractivity contribution in [1.29, 1.82) is 0 Å². The maximum atomic E-state index is 11.2. The number of fused-ring (bicyclic) bond motifs is 4. The van der Waals surface area contributed by atoms with E-state index in [1.165, 1.54) is 20.3 Å². The van der Waals surface area contributed by atoms with Crippen LogP contribution in [0.3, 0.4) is 0 Å². The first-order valence-electron chi connectivity index (χ1n) is 11.7. The molecule has 1 aromatic carbocycles. The van der Waals surface area contributed by atoms with E-state index in [1.807, 2.05) is 24.3 Å². The standard InChI is InChI=1S/C20H24N2O2.2C4H6O2/c1-3-13-12-22-9-7-14(13)10-19(22)20(23)16-6-8-21-18-5-4-15(24-2)11-17(16)18;2*1-3(2)4(5)6/h3-6,8,11,13-14,19-20,23H,1,7,9-10,12H2,2H3;2*1H2,2H3,(H,5,6)/t13-,14?,19-,20?;;/m1../s1. The molecule has 0 saturated carbocycles. The van der Waals surface area contributed by atoms with Crippen molar-refractivity contribution in [3.63, 3.8) is 0 Å². The SMILES string of the molecule is C=C(C)C(=O)O.C=C(C)C(=O)O.C=C[C@@H]1CN2CCC1C[C@@H]2C(O)c1ccnc2ccc(OC)cc12. The van der Waals surface area contributed by atoms with E-state index in [0.717, 1.165) is 41.7 Å². The molecule has 4 heterocycles. The first-order valence-corrected chi connectivity index (χ1v) is 11.7. The van der Waals surface area contributed by atoms with Crippen LogP contribution in [0.25, 0.3) is 10.9 Å². The van der Waals surface area contributed by atoms with Crippen molar-refractivity contribution in [1.82, 2.24) is 9.88 Å². The van der Waals surface area contributed by atoms with Gasteiger partial charge >= 0.3 is 11.9 Å². The predicted octanol–water partition coefficient (Wildman–Crippen LogP) is 4.47. The third kappa shape index (κ3) is 7.26. The number of hydrogen-bond donors (Lipinski definition) is 3. The van der Waals surface area contributed by atoms with Crippen LogP contribution in [0.2, 0.25) is 0 Å². The second kappa shape index (κ2) is 13.0. The van der Waals surface area contributed by atoms with Crippen LogP contribution in [0.1, 0.15) is 38.4 Å². The summed E-state index contributed by atoms with van der Waals surface area (Å²) in [6.45, 7) is 15.3. The Labute approximate surface area is 212 Å². The lowest BCUT2D eigenvalue weighted by atomic mass is 9.73. The third-order valence-corrected chi connectivity index (χ3v) is 6.55. The predicted molar refractivity (Wildman–Crippen MR) is 140 cm³/mol. The van der Waals surface area contributed by atoms with Gasteiger partial charge in [-0.1, -0.05) is 19.2 Å². The van der Waals surface area contributed by atoms with Gasteiger partial charge < -0.3 is 20.1 Å². The second-order valence-corrected chi connectivity index (χ2v) is 9.15. The van der Waals surface area contributed by atoms with Crippen LogP contribution in [0.5, 0.6) is 5.75 Å². The van der Waals surface area contributed by atoms with Crippen LogP contribution in [0.4, 0.5) is 0 Å². The molecule has 3 saturated heterocycles. The molecule has 1 aromatic heterocycles. The van der Waals surface area contributed by atoms with Gasteiger partial charge in [-0.3, -0.25) is 9.88 Å². The highest BCUT2D eigenvalue weighted by molar-refractivity contribution is 5.85. The highest BCUT2D eigenvalue weighted by Crippen LogP contribution is 2.42. The number of piperidine rings is 3. The lowest BCUT2D eigenvalue weighted by Crippen LogP contribution is -2.54. The molecule has 3 unspecified atom stereocenters. The van der Waals surface area contributed by atoms with Crippen LogP contribution in [0.15, 0.2) is 67.4 Å². The smallest absolute Gasteiger partial charge is 0.330 e. The molecule has 8 nitrogen and oxygen atoms in total. The number of aliphatic carboxylic acids is 2. The van der Waals surface area contributed by atoms with Crippen molar-refractivity contribution in [2.24, 2.45) is 11.8 Å². The van der Waals surface area contributed by atoms with E-state index in [4.69, 9.17) is 14.9 Å². The first-order chi connectivity index (χ1) is 17.0. The summed E-state index contributed by atoms with van der Waals surface area (Å²) in [5.74, 6) is 0.136. The number of aliphatic hydroxyl groups excluding tert-OH is 1. The minimum absolute atomic E-state index is 0.176. The van der Waals surface area contributed by atoms with E-state index in [9.17, 15) is 14.7 Å². The first kappa shape index (κ1) is 28.7. The lowest BCUT2D eigenvalue weighted by Gasteiger charge is -2.50. The summed E-state index contributed by atoms with van der Waals surface area (Å²) in [7, 11) is 1.66. The van der Waals surface area contributed by atoms with Gasteiger partial charge in [-0.05, 0) is 74.9 Å². The Balaban J connectivity index is 0.000000319. The summed E-state index contributed by atoms with van der Waals surface area (Å²) in [5.41, 5.74) is 2.20. The van der Waals surface area contributed by atoms with Crippen molar-refractivity contribution in [2.75, 3.05) is 20.2 Å². The maximum Gasteiger partial charge on any atom is 0.330 e. The molecule has 3 fully saturated rings. The Bertz CT molecular complexity index is 1080. The molecule has 2 bridgehead atoms. The minimum Gasteiger partial charge on any atom is -0.497 e. The van der Waals surface area contributed by atoms with Crippen molar-refractivity contribution < 1.29 is 29.6 Å². The number of benzene rings is 1. The highest BCUT2D eigenvalue weighted by atomic mass is 16.5. The van der Waals surface area contributed by atoms with E-state index in [0.29, 0.717) is 11.8 Å². The van der Waals surface area contributed by atoms with Gasteiger partial charge in [0.1, 0.15) is 5.75 Å². The van der Waals surface area contributed by atoms with E-state index < -0.39 is 18.0 Å². The fourth-order valence-corrected chi connectivity index (χ4v) is 4.44. The van der Waals surface area contributed by atoms with Gasteiger partial charge in [0.05, 0.1) is 18.7 Å². The van der Waals surface area contributed by atoms with Crippen molar-refractivity contribution in [2.45, 2.75) is 38.8 Å². The molecule has 3 aliphatic rings. The van der Waals surface area contributed by atoms with Crippen LogP contribution >= 0.6 is 0 Å². The number of pyridine rings is 1. The molecule has 2 aromatic rings. The van der Waals surface area contributed by atoms with Crippen molar-refractivity contribution >= 4 is 22.8 Å². The van der Waals surface area contributed by atoms with Gasteiger partial charge in [-0.25, -0.2) is 9.59 Å². The zero-order chi connectivity index (χ0) is 27.0. The van der Waals surface area contributed by atoms with Gasteiger partial charge in [-0.2, -0.15) is 0 Å². The minimum atomic E-state index is -0.935. The Morgan fingerprint density at radius 2 is 1.78 bits per heavy atom. The average molecular weight is 497 g/mol. The monoisotopic (exact) mass is 496 g/mol. The number of hydrogen-bond acceptors (Lipinski definition) is 6. The fourth-order valence-electron chi connectivity index (χ4n) is 4.44. The molecule has 0 aliphatic carbocycles. The number of nitrogens with zero attached hydrogens (tertiary/aromatic N) is 2. The number of ether oxygens (including phenoxy) is 1. The molecular formula is C28H36N2O6. The topological polar surface area (TPSA) is 120 Å². The number of aromatic nitrogens is 1. The zero-order valence-electron chi connectivity index (χ0n) is 21.2. The molecule has 36 heavy (non-hydrogen) atoms. The van der Waals surface area contributed by atoms with Crippen LogP contribution in [-0.4, -0.2) is 63.4 Å². The van der Waals surface area contributed by atoms with E-state index in [2.05, 4.69) is 35.7 Å². The zero-order valence-corrected chi connectivity index (χ0v) is 21.2. The van der Waals surface area contributed by atoms with Gasteiger partial charge in [0.25, 0.3) is 0 Å². The van der Waals surface area contributed by atoms with Gasteiger partial charge in [0.15, 0.2) is 0 Å². The number of rotatable bonds is 6. The number of carbonyl (C=O) groups is 2. The summed E-state index contributed by atoms with van der Waals surface area (Å²) in [6.07, 6.45) is 5.62. The van der Waals surface area contributed by atoms with Gasteiger partial charge in [0, 0.05) is 35.3 Å². The van der Waals surface area contributed by atoms with Crippen LogP contribution < -0.4 is 4.74 Å². The Morgan fingerprint density at radius 3 is 2.25 bits per heavy atom. The summed E-state index contributed by atoms with van der Waals surface area (Å²) < 4.78 is 5.35. The molecule has 5 rings (SSSR count). The molecule has 3 N–H and O–H groups in total. The summed E-state index contributed by atoms with van der Waals surface area (Å²) in [6, 6.07) is 7.96. The second-order valence-electron chi connectivity index (χ2n) is 9.15. The lowest BCUT2D eigenvalue weighted by molar-refractivity contribution is -0.133. The maximum absolute atomic E-state index is 11.2. The normalized spacial score (nSPS) is 22.7. The van der Waals surface area contributed by atoms with Crippen molar-refractivity contribution in [3.8, 4) is 5.75 Å². The van der Waals surface area contributed by atoms with Crippen LogP contribution in [0, 0.1) is 11.8 Å². The highest BCUT2D eigenvalue weighted by Gasteiger charge is 2.42. The summed E-state index contributed by atoms with van der Waals surface area (Å²) in [4.78, 5) is 26.1. The Kier molecular flexibility index (Phi) is 10.4. The molecule has 194 valence electrons. The average Bonchev–Trinajstić information content (AvgIpc) is 2.88. The third-order valence-electron chi connectivity index (χ3n) is 6.55. The van der Waals surface area contributed by atoms with E-state index >= 15 is 0 Å². The molecular weight excluding hydrogens is 460 g/mol. The summed E-state index contributed by atoms with van der Waals surface area (Å²) in [5, 5.41) is 27.9. The van der Waals surface area contributed by atoms with E-state index in [1.54, 1.807) is 13.3 Å². The number of aliphatic hydroxyl groups is 1. The molecule has 0 radical (unpaired) electrons. The van der Waals surface area contributed by atoms with Crippen LogP contribution in [-0.2, 0) is 9.59 Å². The number of methoxy groups -OCH3 is 1. The fraction of sp³-hybridized carbons (Fsp3) is 0.393. The molecule has 8 heteroatoms. The van der Waals surface area contributed by atoms with Crippen molar-refractivity contribution in [3.05, 3.63) is 73.0 Å². The summed E-state index contributed by atoms with van der Waals surface area (Å²) >= 11 is 0. The van der Waals surface area contributed by atoms with Gasteiger partial charge in [0.2, 0.25) is 0 Å². The quantitative estimate of drug-likeness (QED) is 0.396. The Morgan fingerprint density at radius 1 is 1.17 bits per heavy atom.